The highest BCUT2D eigenvalue weighted by Crippen LogP contribution is 2.32. The molecular weight excluding hydrogens is 296 g/mol. The fourth-order valence-corrected chi connectivity index (χ4v) is 3.04. The first kappa shape index (κ1) is 15.1. The van der Waals surface area contributed by atoms with E-state index in [-0.39, 0.29) is 0 Å². The highest BCUT2D eigenvalue weighted by molar-refractivity contribution is 5.62. The van der Waals surface area contributed by atoms with E-state index in [2.05, 4.69) is 35.6 Å². The molecule has 1 aromatic carbocycles. The highest BCUT2D eigenvalue weighted by atomic mass is 15.3. The number of hydrogen-bond donors (Lipinski definition) is 1. The van der Waals surface area contributed by atoms with Gasteiger partial charge in [0.15, 0.2) is 0 Å². The summed E-state index contributed by atoms with van der Waals surface area (Å²) >= 11 is 0. The van der Waals surface area contributed by atoms with E-state index in [1.807, 2.05) is 47.4 Å². The number of para-hydroxylation sites is 1. The maximum absolute atomic E-state index is 4.84. The molecule has 4 heteroatoms. The van der Waals surface area contributed by atoms with Crippen LogP contribution in [0.5, 0.6) is 0 Å². The first-order valence-corrected chi connectivity index (χ1v) is 8.59. The van der Waals surface area contributed by atoms with Crippen molar-refractivity contribution >= 4 is 0 Å². The van der Waals surface area contributed by atoms with Gasteiger partial charge >= 0.3 is 0 Å². The summed E-state index contributed by atoms with van der Waals surface area (Å²) in [6, 6.07) is 14.9. The smallest absolute Gasteiger partial charge is 0.0973 e. The molecule has 0 spiro atoms. The third kappa shape index (κ3) is 3.24. The summed E-state index contributed by atoms with van der Waals surface area (Å²) in [5.41, 5.74) is 4.43. The lowest BCUT2D eigenvalue weighted by atomic mass is 10.1. The lowest BCUT2D eigenvalue weighted by Gasteiger charge is -2.12. The Hall–Kier alpha value is -2.46. The molecule has 1 N–H and O–H groups in total. The van der Waals surface area contributed by atoms with Crippen LogP contribution in [-0.2, 0) is 6.54 Å². The van der Waals surface area contributed by atoms with Gasteiger partial charge < -0.3 is 5.32 Å². The molecule has 0 radical (unpaired) electrons. The number of aromatic nitrogens is 3. The third-order valence-electron chi connectivity index (χ3n) is 4.71. The second-order valence-electron chi connectivity index (χ2n) is 6.53. The second-order valence-corrected chi connectivity index (χ2v) is 6.53. The maximum Gasteiger partial charge on any atom is 0.0973 e. The molecule has 1 saturated carbocycles. The molecule has 0 saturated heterocycles. The van der Waals surface area contributed by atoms with Crippen molar-refractivity contribution in [1.29, 1.82) is 0 Å². The number of hydrogen-bond acceptors (Lipinski definition) is 3. The predicted molar refractivity (Wildman–Crippen MR) is 95.8 cm³/mol. The van der Waals surface area contributed by atoms with Gasteiger partial charge in [0, 0.05) is 42.3 Å². The monoisotopic (exact) mass is 318 g/mol. The molecular formula is C20H22N4. The Labute approximate surface area is 142 Å². The fourth-order valence-electron chi connectivity index (χ4n) is 3.04. The Morgan fingerprint density at radius 2 is 1.88 bits per heavy atom. The molecule has 2 aromatic heterocycles. The van der Waals surface area contributed by atoms with Crippen LogP contribution in [0.25, 0.3) is 16.9 Å². The topological polar surface area (TPSA) is 42.7 Å². The molecule has 1 unspecified atom stereocenters. The van der Waals surface area contributed by atoms with E-state index in [4.69, 9.17) is 5.10 Å². The Morgan fingerprint density at radius 3 is 2.58 bits per heavy atom. The standard InChI is InChI=1S/C20H22N4/c1-15(16-7-8-16)22-13-18-14-24(19-5-3-2-4-6-19)23-20(18)17-9-11-21-12-10-17/h2-6,9-12,14-16,22H,7-8,13H2,1H3. The first-order valence-electron chi connectivity index (χ1n) is 8.59. The SMILES string of the molecule is CC(NCc1cn(-c2ccccc2)nc1-c1ccncc1)C1CC1. The molecule has 122 valence electrons. The summed E-state index contributed by atoms with van der Waals surface area (Å²) in [7, 11) is 0. The van der Waals surface area contributed by atoms with E-state index in [0.29, 0.717) is 6.04 Å². The first-order chi connectivity index (χ1) is 11.8. The molecule has 0 aliphatic heterocycles. The minimum absolute atomic E-state index is 0.565. The number of benzene rings is 1. The van der Waals surface area contributed by atoms with E-state index >= 15 is 0 Å². The van der Waals surface area contributed by atoms with Gasteiger partial charge in [-0.3, -0.25) is 4.98 Å². The van der Waals surface area contributed by atoms with Crippen LogP contribution in [0.15, 0.2) is 61.1 Å². The maximum atomic E-state index is 4.84. The zero-order valence-corrected chi connectivity index (χ0v) is 13.9. The second kappa shape index (κ2) is 6.57. The number of pyridine rings is 1. The lowest BCUT2D eigenvalue weighted by Crippen LogP contribution is -2.27. The summed E-state index contributed by atoms with van der Waals surface area (Å²) in [6.07, 6.45) is 8.49. The van der Waals surface area contributed by atoms with Crippen LogP contribution < -0.4 is 5.32 Å². The Morgan fingerprint density at radius 1 is 1.12 bits per heavy atom. The molecule has 4 nitrogen and oxygen atoms in total. The average Bonchev–Trinajstić information content (AvgIpc) is 3.41. The minimum atomic E-state index is 0.565. The van der Waals surface area contributed by atoms with Crippen molar-refractivity contribution in [3.63, 3.8) is 0 Å². The van der Waals surface area contributed by atoms with Crippen molar-refractivity contribution in [2.75, 3.05) is 0 Å². The largest absolute Gasteiger partial charge is 0.310 e. The van der Waals surface area contributed by atoms with Crippen molar-refractivity contribution in [2.45, 2.75) is 32.4 Å². The normalized spacial score (nSPS) is 15.4. The van der Waals surface area contributed by atoms with Gasteiger partial charge in [-0.15, -0.1) is 0 Å². The van der Waals surface area contributed by atoms with Gasteiger partial charge in [-0.05, 0) is 49.9 Å². The van der Waals surface area contributed by atoms with E-state index in [1.54, 1.807) is 0 Å². The average molecular weight is 318 g/mol. The van der Waals surface area contributed by atoms with Crippen LogP contribution >= 0.6 is 0 Å². The van der Waals surface area contributed by atoms with Crippen LogP contribution in [0, 0.1) is 5.92 Å². The van der Waals surface area contributed by atoms with E-state index in [9.17, 15) is 0 Å². The molecule has 1 fully saturated rings. The Bertz CT molecular complexity index is 791. The van der Waals surface area contributed by atoms with Crippen LogP contribution in [0.4, 0.5) is 0 Å². The van der Waals surface area contributed by atoms with Gasteiger partial charge in [-0.2, -0.15) is 5.10 Å². The Kier molecular flexibility index (Phi) is 4.13. The van der Waals surface area contributed by atoms with Gasteiger partial charge in [0.1, 0.15) is 0 Å². The third-order valence-corrected chi connectivity index (χ3v) is 4.71. The lowest BCUT2D eigenvalue weighted by molar-refractivity contribution is 0.496. The van der Waals surface area contributed by atoms with Crippen molar-refractivity contribution < 1.29 is 0 Å². The van der Waals surface area contributed by atoms with Gasteiger partial charge in [0.2, 0.25) is 0 Å². The van der Waals surface area contributed by atoms with Crippen molar-refractivity contribution in [3.05, 3.63) is 66.6 Å². The van der Waals surface area contributed by atoms with E-state index in [0.717, 1.165) is 29.4 Å². The van der Waals surface area contributed by atoms with Gasteiger partial charge in [-0.25, -0.2) is 4.68 Å². The molecule has 0 bridgehead atoms. The summed E-state index contributed by atoms with van der Waals surface area (Å²) in [4.78, 5) is 4.12. The zero-order valence-electron chi connectivity index (χ0n) is 13.9. The van der Waals surface area contributed by atoms with Crippen LogP contribution in [0.1, 0.15) is 25.3 Å². The molecule has 0 amide bonds. The van der Waals surface area contributed by atoms with Gasteiger partial charge in [-0.1, -0.05) is 18.2 Å². The molecule has 1 aliphatic carbocycles. The summed E-state index contributed by atoms with van der Waals surface area (Å²) in [5.74, 6) is 0.846. The van der Waals surface area contributed by atoms with Crippen LogP contribution in [0.2, 0.25) is 0 Å². The van der Waals surface area contributed by atoms with Crippen LogP contribution in [0.3, 0.4) is 0 Å². The van der Waals surface area contributed by atoms with Crippen molar-refractivity contribution in [1.82, 2.24) is 20.1 Å². The minimum Gasteiger partial charge on any atom is -0.310 e. The van der Waals surface area contributed by atoms with Crippen LogP contribution in [-0.4, -0.2) is 20.8 Å². The molecule has 1 aliphatic rings. The number of nitrogens with one attached hydrogen (secondary N) is 1. The van der Waals surface area contributed by atoms with Crippen molar-refractivity contribution in [3.8, 4) is 16.9 Å². The summed E-state index contributed by atoms with van der Waals surface area (Å²) in [6.45, 7) is 3.12. The number of nitrogens with zero attached hydrogens (tertiary/aromatic N) is 3. The molecule has 2 heterocycles. The molecule has 3 aromatic rings. The summed E-state index contributed by atoms with van der Waals surface area (Å²) < 4.78 is 1.97. The van der Waals surface area contributed by atoms with Crippen molar-refractivity contribution in [2.24, 2.45) is 5.92 Å². The number of rotatable bonds is 6. The highest BCUT2D eigenvalue weighted by Gasteiger charge is 2.27. The molecule has 24 heavy (non-hydrogen) atoms. The molecule has 4 rings (SSSR count). The quantitative estimate of drug-likeness (QED) is 0.751. The fraction of sp³-hybridized carbons (Fsp3) is 0.300. The molecule has 1 atom stereocenters. The van der Waals surface area contributed by atoms with E-state index in [1.165, 1.54) is 18.4 Å². The Balaban J connectivity index is 1.65. The predicted octanol–water partition coefficient (Wildman–Crippen LogP) is 3.82. The van der Waals surface area contributed by atoms with Gasteiger partial charge in [0.05, 0.1) is 11.4 Å². The summed E-state index contributed by atoms with van der Waals surface area (Å²) in [5, 5.41) is 8.50. The zero-order chi connectivity index (χ0) is 16.4. The van der Waals surface area contributed by atoms with E-state index < -0.39 is 0 Å². The van der Waals surface area contributed by atoms with Gasteiger partial charge in [0.25, 0.3) is 0 Å².